The fourth-order valence-electron chi connectivity index (χ4n) is 4.29. The quantitative estimate of drug-likeness (QED) is 0.510. The maximum absolute atomic E-state index is 14.1. The first-order chi connectivity index (χ1) is 14.6. The van der Waals surface area contributed by atoms with E-state index in [1.54, 1.807) is 43.0 Å². The molecule has 0 spiro atoms. The van der Waals surface area contributed by atoms with Crippen molar-refractivity contribution < 1.29 is 18.3 Å². The summed E-state index contributed by atoms with van der Waals surface area (Å²) in [5, 5.41) is 14.3. The van der Waals surface area contributed by atoms with E-state index in [0.717, 1.165) is 10.5 Å². The van der Waals surface area contributed by atoms with E-state index in [9.17, 15) is 23.1 Å². The van der Waals surface area contributed by atoms with Crippen molar-refractivity contribution >= 4 is 28.4 Å². The number of hydrogen-bond donors (Lipinski definition) is 3. The van der Waals surface area contributed by atoms with Crippen LogP contribution in [0, 0.1) is 0 Å². The van der Waals surface area contributed by atoms with Crippen molar-refractivity contribution in [2.24, 2.45) is 0 Å². The Bertz CT molecular complexity index is 1160. The summed E-state index contributed by atoms with van der Waals surface area (Å²) in [4.78, 5) is 15.2. The highest BCUT2D eigenvalue weighted by atomic mass is 32.2. The maximum Gasteiger partial charge on any atom is 0.418 e. The zero-order valence-electron chi connectivity index (χ0n) is 16.9. The highest BCUT2D eigenvalue weighted by molar-refractivity contribution is 7.99. The third-order valence-corrected chi connectivity index (χ3v) is 7.07. The van der Waals surface area contributed by atoms with Crippen molar-refractivity contribution in [3.63, 3.8) is 0 Å². The number of nitrogens with one attached hydrogen (secondary N) is 2. The van der Waals surface area contributed by atoms with Crippen LogP contribution in [0.2, 0.25) is 0 Å². The number of H-pyrrole nitrogens is 1. The van der Waals surface area contributed by atoms with E-state index >= 15 is 0 Å². The van der Waals surface area contributed by atoms with E-state index in [-0.39, 0.29) is 5.56 Å². The molecule has 0 bridgehead atoms. The third kappa shape index (κ3) is 4.19. The molecule has 0 radical (unpaired) electrons. The fraction of sp³-hybridized carbons (Fsp3) is 0.348. The zero-order valence-corrected chi connectivity index (χ0v) is 17.7. The number of aliphatic hydroxyl groups is 1. The number of aromatic nitrogens is 1. The van der Waals surface area contributed by atoms with Crippen LogP contribution in [-0.4, -0.2) is 34.2 Å². The summed E-state index contributed by atoms with van der Waals surface area (Å²) in [6.07, 6.45) is -4.72. The molecular formula is C23H23F3N2O2S. The molecule has 8 heteroatoms. The molecule has 164 valence electrons. The van der Waals surface area contributed by atoms with Gasteiger partial charge in [0.15, 0.2) is 5.60 Å². The number of fused-ring (bicyclic) bond motifs is 2. The molecule has 0 saturated heterocycles. The minimum atomic E-state index is -4.82. The molecule has 0 fully saturated rings. The highest BCUT2D eigenvalue weighted by Crippen LogP contribution is 2.48. The number of halogens is 3. The van der Waals surface area contributed by atoms with Gasteiger partial charge in [-0.2, -0.15) is 13.2 Å². The van der Waals surface area contributed by atoms with Crippen molar-refractivity contribution in [3.05, 3.63) is 70.5 Å². The van der Waals surface area contributed by atoms with Gasteiger partial charge in [-0.15, -0.1) is 11.8 Å². The van der Waals surface area contributed by atoms with E-state index < -0.39 is 30.2 Å². The van der Waals surface area contributed by atoms with E-state index in [1.807, 2.05) is 24.3 Å². The lowest BCUT2D eigenvalue weighted by atomic mass is 9.71. The van der Waals surface area contributed by atoms with Crippen LogP contribution >= 0.6 is 11.8 Å². The maximum atomic E-state index is 14.1. The van der Waals surface area contributed by atoms with E-state index in [0.29, 0.717) is 28.8 Å². The number of aromatic amines is 1. The molecule has 0 saturated carbocycles. The number of pyridine rings is 1. The van der Waals surface area contributed by atoms with Crippen LogP contribution in [0.3, 0.4) is 0 Å². The van der Waals surface area contributed by atoms with Crippen LogP contribution in [0.25, 0.3) is 10.9 Å². The van der Waals surface area contributed by atoms with Gasteiger partial charge in [-0.3, -0.25) is 4.79 Å². The van der Waals surface area contributed by atoms with Gasteiger partial charge in [0, 0.05) is 22.0 Å². The average Bonchev–Trinajstić information content (AvgIpc) is 2.71. The van der Waals surface area contributed by atoms with E-state index in [2.05, 4.69) is 10.3 Å². The van der Waals surface area contributed by atoms with Gasteiger partial charge in [0.1, 0.15) is 0 Å². The van der Waals surface area contributed by atoms with Gasteiger partial charge < -0.3 is 15.4 Å². The van der Waals surface area contributed by atoms with Gasteiger partial charge in [-0.1, -0.05) is 31.2 Å². The predicted octanol–water partition coefficient (Wildman–Crippen LogP) is 5.08. The Morgan fingerprint density at radius 1 is 1.13 bits per heavy atom. The summed E-state index contributed by atoms with van der Waals surface area (Å²) >= 11 is 1.63. The van der Waals surface area contributed by atoms with Crippen molar-refractivity contribution in [2.75, 3.05) is 17.6 Å². The SMILES string of the molecule is CC1(CC(O)(CNc2cccc3[nH]c(=O)ccc23)C(F)(F)F)CCSc2ccccc21. The highest BCUT2D eigenvalue weighted by Gasteiger charge is 2.57. The number of hydrogen-bond acceptors (Lipinski definition) is 4. The normalized spacial score (nSPS) is 20.8. The Morgan fingerprint density at radius 3 is 2.68 bits per heavy atom. The van der Waals surface area contributed by atoms with Gasteiger partial charge in [0.2, 0.25) is 5.56 Å². The molecule has 2 unspecified atom stereocenters. The lowest BCUT2D eigenvalue weighted by Gasteiger charge is -2.42. The Hall–Kier alpha value is -2.45. The Morgan fingerprint density at radius 2 is 1.90 bits per heavy atom. The number of alkyl halides is 3. The minimum absolute atomic E-state index is 0.293. The van der Waals surface area contributed by atoms with Crippen LogP contribution in [-0.2, 0) is 5.41 Å². The molecule has 2 atom stereocenters. The molecule has 1 aromatic heterocycles. The molecule has 1 aliphatic rings. The molecule has 2 aromatic carbocycles. The summed E-state index contributed by atoms with van der Waals surface area (Å²) in [5.41, 5.74) is -2.26. The van der Waals surface area contributed by atoms with Gasteiger partial charge >= 0.3 is 6.18 Å². The minimum Gasteiger partial charge on any atom is -0.381 e. The van der Waals surface area contributed by atoms with E-state index in [4.69, 9.17) is 0 Å². The zero-order chi connectivity index (χ0) is 22.3. The summed E-state index contributed by atoms with van der Waals surface area (Å²) < 4.78 is 42.4. The van der Waals surface area contributed by atoms with Crippen LogP contribution in [0.4, 0.5) is 18.9 Å². The summed E-state index contributed by atoms with van der Waals surface area (Å²) in [6, 6.07) is 15.3. The number of rotatable bonds is 5. The molecule has 0 aliphatic carbocycles. The topological polar surface area (TPSA) is 65.1 Å². The third-order valence-electron chi connectivity index (χ3n) is 6.00. The van der Waals surface area contributed by atoms with Crippen molar-refractivity contribution in [2.45, 2.75) is 41.9 Å². The Labute approximate surface area is 181 Å². The lowest BCUT2D eigenvalue weighted by Crippen LogP contribution is -2.54. The van der Waals surface area contributed by atoms with Crippen LogP contribution in [0.5, 0.6) is 0 Å². The number of anilines is 1. The Kier molecular flexibility index (Phi) is 5.55. The average molecular weight is 449 g/mol. The molecule has 4 nitrogen and oxygen atoms in total. The fourth-order valence-corrected chi connectivity index (χ4v) is 5.70. The number of thioether (sulfide) groups is 1. The summed E-state index contributed by atoms with van der Waals surface area (Å²) in [6.45, 7) is 1.10. The molecule has 1 aliphatic heterocycles. The first-order valence-corrected chi connectivity index (χ1v) is 11.0. The van der Waals surface area contributed by atoms with Gasteiger partial charge in [0.05, 0.1) is 12.1 Å². The summed E-state index contributed by atoms with van der Waals surface area (Å²) in [7, 11) is 0. The van der Waals surface area contributed by atoms with Crippen molar-refractivity contribution in [1.82, 2.24) is 4.98 Å². The second-order valence-corrected chi connectivity index (χ2v) is 9.44. The molecule has 3 aromatic rings. The second kappa shape index (κ2) is 7.91. The molecule has 31 heavy (non-hydrogen) atoms. The lowest BCUT2D eigenvalue weighted by molar-refractivity contribution is -0.261. The predicted molar refractivity (Wildman–Crippen MR) is 118 cm³/mol. The smallest absolute Gasteiger partial charge is 0.381 e. The molecule has 0 amide bonds. The van der Waals surface area contributed by atoms with Gasteiger partial charge in [0.25, 0.3) is 0 Å². The summed E-state index contributed by atoms with van der Waals surface area (Å²) in [5.74, 6) is 0.700. The molecule has 2 heterocycles. The first kappa shape index (κ1) is 21.8. The monoisotopic (exact) mass is 448 g/mol. The molecule has 4 rings (SSSR count). The van der Waals surface area contributed by atoms with E-state index in [1.165, 1.54) is 6.07 Å². The second-order valence-electron chi connectivity index (χ2n) is 8.30. The molecular weight excluding hydrogens is 425 g/mol. The first-order valence-electron chi connectivity index (χ1n) is 9.99. The van der Waals surface area contributed by atoms with Gasteiger partial charge in [-0.05, 0) is 53.8 Å². The van der Waals surface area contributed by atoms with Crippen molar-refractivity contribution in [3.8, 4) is 0 Å². The Balaban J connectivity index is 1.65. The molecule has 3 N–H and O–H groups in total. The van der Waals surface area contributed by atoms with Crippen molar-refractivity contribution in [1.29, 1.82) is 0 Å². The van der Waals surface area contributed by atoms with Crippen LogP contribution in [0.15, 0.2) is 64.3 Å². The number of benzene rings is 2. The van der Waals surface area contributed by atoms with Crippen LogP contribution < -0.4 is 10.9 Å². The standard InChI is InChI=1S/C23H23F3N2O2S/c1-21(11-12-31-19-8-3-2-5-16(19)21)13-22(30,23(24,25)26)14-27-17-6-4-7-18-15(17)9-10-20(29)28-18/h2-10,27,30H,11-14H2,1H3,(H,28,29). The van der Waals surface area contributed by atoms with Gasteiger partial charge in [-0.25, -0.2) is 0 Å². The largest absolute Gasteiger partial charge is 0.418 e. The van der Waals surface area contributed by atoms with Crippen LogP contribution in [0.1, 0.15) is 25.3 Å².